The molecule has 78 valence electrons. The van der Waals surface area contributed by atoms with E-state index in [-0.39, 0.29) is 19.3 Å². The van der Waals surface area contributed by atoms with Gasteiger partial charge < -0.3 is 15.5 Å². The molecule has 0 aromatic rings. The van der Waals surface area contributed by atoms with E-state index in [9.17, 15) is 0 Å². The topological polar surface area (TPSA) is 52.5 Å². The number of aliphatic hydroxyl groups is 2. The first-order valence-electron chi connectivity index (χ1n) is 5.25. The van der Waals surface area contributed by atoms with Crippen molar-refractivity contribution in [3.05, 3.63) is 0 Å². The van der Waals surface area contributed by atoms with E-state index >= 15 is 0 Å². The van der Waals surface area contributed by atoms with E-state index < -0.39 is 0 Å². The second-order valence-electron chi connectivity index (χ2n) is 4.08. The number of aliphatic hydroxyl groups excluding tert-OH is 2. The van der Waals surface area contributed by atoms with Gasteiger partial charge in [-0.1, -0.05) is 13.3 Å². The summed E-state index contributed by atoms with van der Waals surface area (Å²) < 4.78 is 0. The second kappa shape index (κ2) is 5.58. The molecule has 0 aromatic heterocycles. The Labute approximate surface area is 80.2 Å². The van der Waals surface area contributed by atoms with Crippen LogP contribution in [-0.4, -0.2) is 36.0 Å². The standard InChI is InChI=1S/C10H21NO2/c1-2-8-3-9(4-8)5-11-10(6-12)7-13/h8-13H,2-7H2,1H3. The van der Waals surface area contributed by atoms with Gasteiger partial charge in [-0.25, -0.2) is 0 Å². The molecule has 1 saturated carbocycles. The Morgan fingerprint density at radius 3 is 2.31 bits per heavy atom. The summed E-state index contributed by atoms with van der Waals surface area (Å²) in [6.45, 7) is 3.24. The van der Waals surface area contributed by atoms with Crippen molar-refractivity contribution in [1.82, 2.24) is 5.32 Å². The van der Waals surface area contributed by atoms with Crippen LogP contribution in [0.15, 0.2) is 0 Å². The highest BCUT2D eigenvalue weighted by Crippen LogP contribution is 2.35. The molecule has 0 heterocycles. The largest absolute Gasteiger partial charge is 0.395 e. The molecule has 0 aromatic carbocycles. The molecule has 1 fully saturated rings. The predicted octanol–water partition coefficient (Wildman–Crippen LogP) is 0.365. The quantitative estimate of drug-likeness (QED) is 0.563. The molecule has 0 aliphatic heterocycles. The Morgan fingerprint density at radius 2 is 1.85 bits per heavy atom. The third-order valence-corrected chi connectivity index (χ3v) is 3.05. The van der Waals surface area contributed by atoms with Gasteiger partial charge in [-0.2, -0.15) is 0 Å². The SMILES string of the molecule is CCC1CC(CNC(CO)CO)C1. The van der Waals surface area contributed by atoms with Crippen LogP contribution in [-0.2, 0) is 0 Å². The third kappa shape index (κ3) is 3.25. The number of nitrogens with one attached hydrogen (secondary N) is 1. The molecule has 1 aliphatic rings. The smallest absolute Gasteiger partial charge is 0.0607 e. The first kappa shape index (κ1) is 11.0. The van der Waals surface area contributed by atoms with Crippen LogP contribution in [0.25, 0.3) is 0 Å². The summed E-state index contributed by atoms with van der Waals surface area (Å²) in [6.07, 6.45) is 3.92. The van der Waals surface area contributed by atoms with E-state index in [1.54, 1.807) is 0 Å². The summed E-state index contributed by atoms with van der Waals surface area (Å²) in [6, 6.07) is -0.124. The Bertz CT molecular complexity index is 131. The molecule has 0 saturated heterocycles. The normalized spacial score (nSPS) is 27.7. The molecule has 0 amide bonds. The summed E-state index contributed by atoms with van der Waals surface area (Å²) in [5.74, 6) is 1.69. The lowest BCUT2D eigenvalue weighted by molar-refractivity contribution is 0.140. The maximum absolute atomic E-state index is 8.81. The Hall–Kier alpha value is -0.120. The molecular weight excluding hydrogens is 166 g/mol. The van der Waals surface area contributed by atoms with Gasteiger partial charge in [0, 0.05) is 0 Å². The van der Waals surface area contributed by atoms with Crippen LogP contribution in [0.5, 0.6) is 0 Å². The summed E-state index contributed by atoms with van der Waals surface area (Å²) >= 11 is 0. The molecule has 0 bridgehead atoms. The van der Waals surface area contributed by atoms with Crippen molar-refractivity contribution in [2.24, 2.45) is 11.8 Å². The summed E-state index contributed by atoms with van der Waals surface area (Å²) in [4.78, 5) is 0. The molecule has 1 rings (SSSR count). The van der Waals surface area contributed by atoms with Crippen molar-refractivity contribution in [3.8, 4) is 0 Å². The lowest BCUT2D eigenvalue weighted by Crippen LogP contribution is -2.41. The summed E-state index contributed by atoms with van der Waals surface area (Å²) in [5, 5.41) is 20.8. The van der Waals surface area contributed by atoms with Gasteiger partial charge in [0.2, 0.25) is 0 Å². The average Bonchev–Trinajstić information content (AvgIpc) is 2.09. The molecule has 0 unspecified atom stereocenters. The molecule has 0 radical (unpaired) electrons. The van der Waals surface area contributed by atoms with Crippen molar-refractivity contribution >= 4 is 0 Å². The highest BCUT2D eigenvalue weighted by molar-refractivity contribution is 4.81. The minimum Gasteiger partial charge on any atom is -0.395 e. The van der Waals surface area contributed by atoms with E-state index in [1.807, 2.05) is 0 Å². The zero-order chi connectivity index (χ0) is 9.68. The minimum absolute atomic E-state index is 0.0282. The van der Waals surface area contributed by atoms with Gasteiger partial charge >= 0.3 is 0 Å². The highest BCUT2D eigenvalue weighted by atomic mass is 16.3. The summed E-state index contributed by atoms with van der Waals surface area (Å²) in [5.41, 5.74) is 0. The van der Waals surface area contributed by atoms with E-state index in [4.69, 9.17) is 10.2 Å². The van der Waals surface area contributed by atoms with Crippen molar-refractivity contribution < 1.29 is 10.2 Å². The van der Waals surface area contributed by atoms with Crippen LogP contribution >= 0.6 is 0 Å². The van der Waals surface area contributed by atoms with Crippen LogP contribution < -0.4 is 5.32 Å². The van der Waals surface area contributed by atoms with Gasteiger partial charge in [-0.05, 0) is 31.2 Å². The fraction of sp³-hybridized carbons (Fsp3) is 1.00. The molecule has 0 atom stereocenters. The fourth-order valence-electron chi connectivity index (χ4n) is 1.89. The molecule has 3 N–H and O–H groups in total. The molecule has 0 spiro atoms. The lowest BCUT2D eigenvalue weighted by atomic mass is 9.73. The Balaban J connectivity index is 2.01. The molecule has 3 nitrogen and oxygen atoms in total. The lowest BCUT2D eigenvalue weighted by Gasteiger charge is -2.35. The number of rotatable bonds is 6. The molecular formula is C10H21NO2. The zero-order valence-electron chi connectivity index (χ0n) is 8.37. The van der Waals surface area contributed by atoms with Crippen molar-refractivity contribution in [2.75, 3.05) is 19.8 Å². The molecule has 13 heavy (non-hydrogen) atoms. The number of hydrogen-bond donors (Lipinski definition) is 3. The van der Waals surface area contributed by atoms with Gasteiger partial charge in [0.15, 0.2) is 0 Å². The van der Waals surface area contributed by atoms with Crippen molar-refractivity contribution in [1.29, 1.82) is 0 Å². The molecule has 3 heteroatoms. The fourth-order valence-corrected chi connectivity index (χ4v) is 1.89. The van der Waals surface area contributed by atoms with Crippen LogP contribution in [0.1, 0.15) is 26.2 Å². The highest BCUT2D eigenvalue weighted by Gasteiger charge is 2.27. The van der Waals surface area contributed by atoms with Crippen molar-refractivity contribution in [2.45, 2.75) is 32.2 Å². The predicted molar refractivity (Wildman–Crippen MR) is 52.5 cm³/mol. The molecule has 1 aliphatic carbocycles. The van der Waals surface area contributed by atoms with Crippen LogP contribution in [0, 0.1) is 11.8 Å². The van der Waals surface area contributed by atoms with E-state index in [0.29, 0.717) is 0 Å². The van der Waals surface area contributed by atoms with Crippen LogP contribution in [0.2, 0.25) is 0 Å². The number of hydrogen-bond acceptors (Lipinski definition) is 3. The monoisotopic (exact) mass is 187 g/mol. The first-order chi connectivity index (χ1) is 6.30. The van der Waals surface area contributed by atoms with Crippen LogP contribution in [0.4, 0.5) is 0 Å². The maximum Gasteiger partial charge on any atom is 0.0607 e. The van der Waals surface area contributed by atoms with E-state index in [2.05, 4.69) is 12.2 Å². The van der Waals surface area contributed by atoms with E-state index in [1.165, 1.54) is 19.3 Å². The first-order valence-corrected chi connectivity index (χ1v) is 5.25. The zero-order valence-corrected chi connectivity index (χ0v) is 8.37. The van der Waals surface area contributed by atoms with Gasteiger partial charge in [-0.15, -0.1) is 0 Å². The second-order valence-corrected chi connectivity index (χ2v) is 4.08. The van der Waals surface area contributed by atoms with Crippen molar-refractivity contribution in [3.63, 3.8) is 0 Å². The minimum atomic E-state index is -0.124. The third-order valence-electron chi connectivity index (χ3n) is 3.05. The van der Waals surface area contributed by atoms with Gasteiger partial charge in [0.1, 0.15) is 0 Å². The Kier molecular flexibility index (Phi) is 4.70. The van der Waals surface area contributed by atoms with E-state index in [0.717, 1.165) is 18.4 Å². The van der Waals surface area contributed by atoms with Gasteiger partial charge in [0.25, 0.3) is 0 Å². The Morgan fingerprint density at radius 1 is 1.23 bits per heavy atom. The maximum atomic E-state index is 8.81. The summed E-state index contributed by atoms with van der Waals surface area (Å²) in [7, 11) is 0. The van der Waals surface area contributed by atoms with Gasteiger partial charge in [-0.3, -0.25) is 0 Å². The average molecular weight is 187 g/mol. The van der Waals surface area contributed by atoms with Crippen LogP contribution in [0.3, 0.4) is 0 Å². The van der Waals surface area contributed by atoms with Gasteiger partial charge in [0.05, 0.1) is 19.3 Å².